The molecule has 0 aliphatic rings. The molecule has 0 aromatic carbocycles. The molecule has 6 heteroatoms. The second kappa shape index (κ2) is 5.68. The summed E-state index contributed by atoms with van der Waals surface area (Å²) in [6.07, 6.45) is 2.40. The van der Waals surface area contributed by atoms with Gasteiger partial charge in [-0.2, -0.15) is 14.6 Å². The zero-order valence-electron chi connectivity index (χ0n) is 14.3. The highest BCUT2D eigenvalue weighted by Gasteiger charge is 2.30. The standard InChI is InChI=1S/C17H23N5O/c1-6-12-7-8-13(23-12)15(17(3,4)5)21-14-9-11(2)20-16-18-10-19-22(14)16/h7-10,15,21H,6H2,1-5H3/t15-/m0/s1. The molecule has 0 saturated carbocycles. The lowest BCUT2D eigenvalue weighted by atomic mass is 9.85. The largest absolute Gasteiger partial charge is 0.464 e. The first kappa shape index (κ1) is 15.5. The molecule has 0 amide bonds. The van der Waals surface area contributed by atoms with Crippen LogP contribution in [0.2, 0.25) is 0 Å². The lowest BCUT2D eigenvalue weighted by Crippen LogP contribution is -2.26. The predicted octanol–water partition coefficient (Wildman–Crippen LogP) is 3.79. The Morgan fingerprint density at radius 3 is 2.74 bits per heavy atom. The monoisotopic (exact) mass is 313 g/mol. The van der Waals surface area contributed by atoms with Gasteiger partial charge in [0.15, 0.2) is 0 Å². The second-order valence-electron chi connectivity index (χ2n) is 6.86. The molecule has 122 valence electrons. The number of furan rings is 1. The van der Waals surface area contributed by atoms with Crippen LogP contribution in [0.25, 0.3) is 5.78 Å². The third-order valence-electron chi connectivity index (χ3n) is 3.85. The van der Waals surface area contributed by atoms with Crippen molar-refractivity contribution in [3.8, 4) is 0 Å². The van der Waals surface area contributed by atoms with Crippen molar-refractivity contribution < 1.29 is 4.42 Å². The van der Waals surface area contributed by atoms with Gasteiger partial charge in [0.2, 0.25) is 0 Å². The Morgan fingerprint density at radius 1 is 1.30 bits per heavy atom. The van der Waals surface area contributed by atoms with Gasteiger partial charge in [0.25, 0.3) is 5.78 Å². The van der Waals surface area contributed by atoms with Gasteiger partial charge in [-0.1, -0.05) is 27.7 Å². The quantitative estimate of drug-likeness (QED) is 0.793. The third kappa shape index (κ3) is 3.06. The van der Waals surface area contributed by atoms with E-state index in [0.717, 1.165) is 29.5 Å². The number of aryl methyl sites for hydroxylation is 2. The van der Waals surface area contributed by atoms with Gasteiger partial charge in [0.1, 0.15) is 23.7 Å². The molecule has 0 aliphatic heterocycles. The summed E-state index contributed by atoms with van der Waals surface area (Å²) in [6.45, 7) is 10.6. The SMILES string of the molecule is CCc1ccc([C@H](Nc2cc(C)nc3ncnn23)C(C)(C)C)o1. The number of anilines is 1. The smallest absolute Gasteiger partial charge is 0.254 e. The topological polar surface area (TPSA) is 68.2 Å². The van der Waals surface area contributed by atoms with Crippen LogP contribution >= 0.6 is 0 Å². The first-order valence-corrected chi connectivity index (χ1v) is 7.91. The van der Waals surface area contributed by atoms with Crippen LogP contribution in [-0.2, 0) is 6.42 Å². The number of nitrogens with zero attached hydrogens (tertiary/aromatic N) is 4. The first-order chi connectivity index (χ1) is 10.9. The maximum absolute atomic E-state index is 5.99. The number of hydrogen-bond acceptors (Lipinski definition) is 5. The zero-order chi connectivity index (χ0) is 16.6. The Morgan fingerprint density at radius 2 is 2.09 bits per heavy atom. The molecular weight excluding hydrogens is 290 g/mol. The molecule has 3 rings (SSSR count). The van der Waals surface area contributed by atoms with Gasteiger partial charge in [0.05, 0.1) is 6.04 Å². The third-order valence-corrected chi connectivity index (χ3v) is 3.85. The summed E-state index contributed by atoms with van der Waals surface area (Å²) >= 11 is 0. The molecule has 6 nitrogen and oxygen atoms in total. The molecule has 23 heavy (non-hydrogen) atoms. The number of fused-ring (bicyclic) bond motifs is 1. The molecule has 0 fully saturated rings. The minimum Gasteiger partial charge on any atom is -0.464 e. The highest BCUT2D eigenvalue weighted by atomic mass is 16.3. The fourth-order valence-electron chi connectivity index (χ4n) is 2.64. The average molecular weight is 313 g/mol. The summed E-state index contributed by atoms with van der Waals surface area (Å²) in [7, 11) is 0. The van der Waals surface area contributed by atoms with Crippen LogP contribution in [0.4, 0.5) is 5.82 Å². The molecule has 0 unspecified atom stereocenters. The Labute approximate surface area is 135 Å². The van der Waals surface area contributed by atoms with E-state index < -0.39 is 0 Å². The summed E-state index contributed by atoms with van der Waals surface area (Å²) in [5.74, 6) is 3.37. The van der Waals surface area contributed by atoms with Crippen molar-refractivity contribution in [1.29, 1.82) is 0 Å². The Bertz CT molecular complexity index is 812. The summed E-state index contributed by atoms with van der Waals surface area (Å²) in [5, 5.41) is 7.83. The van der Waals surface area contributed by atoms with Crippen LogP contribution in [0.15, 0.2) is 28.9 Å². The van der Waals surface area contributed by atoms with E-state index in [2.05, 4.69) is 48.1 Å². The van der Waals surface area contributed by atoms with E-state index in [1.54, 1.807) is 4.52 Å². The van der Waals surface area contributed by atoms with Crippen molar-refractivity contribution in [2.75, 3.05) is 5.32 Å². The molecule has 3 aromatic rings. The van der Waals surface area contributed by atoms with Crippen LogP contribution in [0, 0.1) is 12.3 Å². The Hall–Kier alpha value is -2.37. The summed E-state index contributed by atoms with van der Waals surface area (Å²) < 4.78 is 7.71. The lowest BCUT2D eigenvalue weighted by molar-refractivity contribution is 0.298. The highest BCUT2D eigenvalue weighted by molar-refractivity contribution is 5.46. The van der Waals surface area contributed by atoms with Crippen LogP contribution in [-0.4, -0.2) is 19.6 Å². The van der Waals surface area contributed by atoms with Gasteiger partial charge in [-0.15, -0.1) is 0 Å². The van der Waals surface area contributed by atoms with E-state index in [1.807, 2.05) is 25.1 Å². The van der Waals surface area contributed by atoms with Crippen molar-refractivity contribution in [1.82, 2.24) is 19.6 Å². The van der Waals surface area contributed by atoms with Crippen LogP contribution in [0.1, 0.15) is 51.0 Å². The molecule has 1 atom stereocenters. The molecule has 3 aromatic heterocycles. The van der Waals surface area contributed by atoms with Crippen LogP contribution in [0.5, 0.6) is 0 Å². The molecule has 0 saturated heterocycles. The van der Waals surface area contributed by atoms with Crippen molar-refractivity contribution in [2.45, 2.75) is 47.1 Å². The van der Waals surface area contributed by atoms with Gasteiger partial charge in [0, 0.05) is 18.2 Å². The Balaban J connectivity index is 2.02. The van der Waals surface area contributed by atoms with E-state index in [0.29, 0.717) is 5.78 Å². The van der Waals surface area contributed by atoms with E-state index in [9.17, 15) is 0 Å². The van der Waals surface area contributed by atoms with Gasteiger partial charge in [-0.3, -0.25) is 0 Å². The maximum atomic E-state index is 5.99. The lowest BCUT2D eigenvalue weighted by Gasteiger charge is -2.30. The van der Waals surface area contributed by atoms with E-state index in [4.69, 9.17) is 4.42 Å². The fourth-order valence-corrected chi connectivity index (χ4v) is 2.64. The average Bonchev–Trinajstić information content (AvgIpc) is 3.11. The van der Waals surface area contributed by atoms with Gasteiger partial charge < -0.3 is 9.73 Å². The highest BCUT2D eigenvalue weighted by Crippen LogP contribution is 2.36. The zero-order valence-corrected chi connectivity index (χ0v) is 14.3. The first-order valence-electron chi connectivity index (χ1n) is 7.91. The van der Waals surface area contributed by atoms with Gasteiger partial charge in [-0.25, -0.2) is 4.98 Å². The number of nitrogens with one attached hydrogen (secondary N) is 1. The van der Waals surface area contributed by atoms with Crippen molar-refractivity contribution >= 4 is 11.6 Å². The summed E-state index contributed by atoms with van der Waals surface area (Å²) in [6, 6.07) is 6.08. The second-order valence-corrected chi connectivity index (χ2v) is 6.86. The fraction of sp³-hybridized carbons (Fsp3) is 0.471. The van der Waals surface area contributed by atoms with Crippen molar-refractivity contribution in [2.24, 2.45) is 5.41 Å². The molecule has 1 N–H and O–H groups in total. The van der Waals surface area contributed by atoms with Crippen LogP contribution < -0.4 is 5.32 Å². The Kier molecular flexibility index (Phi) is 3.83. The number of hydrogen-bond donors (Lipinski definition) is 1. The summed E-state index contributed by atoms with van der Waals surface area (Å²) in [4.78, 5) is 8.56. The van der Waals surface area contributed by atoms with E-state index >= 15 is 0 Å². The van der Waals surface area contributed by atoms with E-state index in [1.165, 1.54) is 6.33 Å². The molecule has 0 radical (unpaired) electrons. The normalized spacial score (nSPS) is 13.4. The van der Waals surface area contributed by atoms with Crippen molar-refractivity contribution in [3.05, 3.63) is 41.7 Å². The number of rotatable bonds is 4. The molecule has 0 aliphatic carbocycles. The molecule has 3 heterocycles. The maximum Gasteiger partial charge on any atom is 0.254 e. The molecule has 0 bridgehead atoms. The minimum atomic E-state index is -0.0348. The van der Waals surface area contributed by atoms with Crippen LogP contribution in [0.3, 0.4) is 0 Å². The van der Waals surface area contributed by atoms with Crippen molar-refractivity contribution in [3.63, 3.8) is 0 Å². The summed E-state index contributed by atoms with van der Waals surface area (Å²) in [5.41, 5.74) is 0.863. The number of aromatic nitrogens is 4. The minimum absolute atomic E-state index is 0.0111. The molecular formula is C17H23N5O. The molecule has 0 spiro atoms. The van der Waals surface area contributed by atoms with Gasteiger partial charge in [-0.05, 0) is 24.5 Å². The predicted molar refractivity (Wildman–Crippen MR) is 89.4 cm³/mol. The van der Waals surface area contributed by atoms with Gasteiger partial charge >= 0.3 is 0 Å². The van der Waals surface area contributed by atoms with E-state index in [-0.39, 0.29) is 11.5 Å².